The highest BCUT2D eigenvalue weighted by molar-refractivity contribution is 5.86. The van der Waals surface area contributed by atoms with Crippen molar-refractivity contribution in [2.24, 2.45) is 17.8 Å². The molecule has 186 valence electrons. The Hall–Kier alpha value is -1.97. The molecule has 0 saturated heterocycles. The molecule has 0 aliphatic heterocycles. The van der Waals surface area contributed by atoms with Crippen molar-refractivity contribution in [3.05, 3.63) is 53.4 Å². The summed E-state index contributed by atoms with van der Waals surface area (Å²) < 4.78 is 50.7. The van der Waals surface area contributed by atoms with E-state index in [1.807, 2.05) is 6.92 Å². The highest BCUT2D eigenvalue weighted by Gasteiger charge is 2.37. The third-order valence-corrected chi connectivity index (χ3v) is 8.31. The molecule has 2 unspecified atom stereocenters. The lowest BCUT2D eigenvalue weighted by atomic mass is 9.63. The first-order chi connectivity index (χ1) is 16.5. The highest BCUT2D eigenvalue weighted by Crippen LogP contribution is 2.49. The van der Waals surface area contributed by atoms with Gasteiger partial charge in [0.1, 0.15) is 6.61 Å². The van der Waals surface area contributed by atoms with E-state index in [1.54, 1.807) is 24.3 Å². The average molecular weight is 473 g/mol. The summed E-state index contributed by atoms with van der Waals surface area (Å²) in [5.74, 6) is -0.669. The van der Waals surface area contributed by atoms with E-state index >= 15 is 8.78 Å². The molecule has 0 bridgehead atoms. The van der Waals surface area contributed by atoms with Crippen LogP contribution in [0.15, 0.2) is 30.4 Å². The van der Waals surface area contributed by atoms with Crippen molar-refractivity contribution < 1.29 is 17.9 Å². The second-order valence-electron chi connectivity index (χ2n) is 10.5. The lowest BCUT2D eigenvalue weighted by molar-refractivity contribution is 0.112. The van der Waals surface area contributed by atoms with Gasteiger partial charge in [-0.3, -0.25) is 0 Å². The number of halogens is 3. The molecule has 0 aromatic heterocycles. The minimum Gasteiger partial charge on any atom is -0.486 e. The lowest BCUT2D eigenvalue weighted by Crippen LogP contribution is -2.30. The quantitative estimate of drug-likeness (QED) is 0.261. The molecular formula is C30H39F3O. The Morgan fingerprint density at radius 3 is 2.50 bits per heavy atom. The van der Waals surface area contributed by atoms with E-state index in [1.165, 1.54) is 57.4 Å². The topological polar surface area (TPSA) is 9.23 Å². The monoisotopic (exact) mass is 472 g/mol. The molecule has 4 atom stereocenters. The summed E-state index contributed by atoms with van der Waals surface area (Å²) in [5.41, 5.74) is 0.423. The van der Waals surface area contributed by atoms with Crippen LogP contribution in [0.1, 0.15) is 96.0 Å². The number of rotatable bonds is 9. The molecule has 0 spiro atoms. The Morgan fingerprint density at radius 2 is 1.71 bits per heavy atom. The molecule has 2 aromatic rings. The number of unbranched alkanes of at least 4 members (excludes halogenated alkanes) is 3. The summed E-state index contributed by atoms with van der Waals surface area (Å²) in [4.78, 5) is 0. The highest BCUT2D eigenvalue weighted by atomic mass is 19.2. The van der Waals surface area contributed by atoms with Gasteiger partial charge in [0, 0.05) is 0 Å². The fourth-order valence-electron chi connectivity index (χ4n) is 6.42. The maximum atomic E-state index is 15.2. The van der Waals surface area contributed by atoms with Crippen LogP contribution in [0.5, 0.6) is 5.75 Å². The van der Waals surface area contributed by atoms with Gasteiger partial charge in [-0.2, -0.15) is 0 Å². The van der Waals surface area contributed by atoms with Crippen LogP contribution in [0.4, 0.5) is 13.2 Å². The van der Waals surface area contributed by atoms with Crippen molar-refractivity contribution in [1.82, 2.24) is 0 Å². The summed E-state index contributed by atoms with van der Waals surface area (Å²) in [5, 5.41) is 0.0965. The van der Waals surface area contributed by atoms with Gasteiger partial charge >= 0.3 is 0 Å². The van der Waals surface area contributed by atoms with Gasteiger partial charge in [0.25, 0.3) is 0 Å². The molecule has 34 heavy (non-hydrogen) atoms. The SMILES string of the molecule is C/C=C/COc1ccc2cc([C@@H]3CC[C@@H]4CC(CCCCCC)CCC4C3)c(F)c(F)c2c1F. The summed E-state index contributed by atoms with van der Waals surface area (Å²) in [7, 11) is 0. The van der Waals surface area contributed by atoms with E-state index in [9.17, 15) is 4.39 Å². The van der Waals surface area contributed by atoms with Crippen LogP contribution in [0.3, 0.4) is 0 Å². The first kappa shape index (κ1) is 25.1. The minimum absolute atomic E-state index is 0.00920. The van der Waals surface area contributed by atoms with E-state index in [-0.39, 0.29) is 23.7 Å². The first-order valence-corrected chi connectivity index (χ1v) is 13.4. The van der Waals surface area contributed by atoms with Gasteiger partial charge in [0.2, 0.25) is 0 Å². The zero-order valence-electron chi connectivity index (χ0n) is 20.7. The zero-order chi connectivity index (χ0) is 24.1. The summed E-state index contributed by atoms with van der Waals surface area (Å²) >= 11 is 0. The molecule has 1 nitrogen and oxygen atoms in total. The van der Waals surface area contributed by atoms with Crippen LogP contribution in [-0.2, 0) is 0 Å². The molecule has 2 aliphatic rings. The smallest absolute Gasteiger partial charge is 0.175 e. The Kier molecular flexibility index (Phi) is 8.60. The maximum Gasteiger partial charge on any atom is 0.175 e. The number of benzene rings is 2. The van der Waals surface area contributed by atoms with Crippen LogP contribution in [0, 0.1) is 35.2 Å². The predicted molar refractivity (Wildman–Crippen MR) is 134 cm³/mol. The Bertz CT molecular complexity index is 998. The molecule has 4 rings (SSSR count). The van der Waals surface area contributed by atoms with Crippen molar-refractivity contribution in [3.63, 3.8) is 0 Å². The average Bonchev–Trinajstić information content (AvgIpc) is 2.85. The maximum absolute atomic E-state index is 15.2. The van der Waals surface area contributed by atoms with Crippen molar-refractivity contribution in [2.75, 3.05) is 6.61 Å². The van der Waals surface area contributed by atoms with E-state index in [0.29, 0.717) is 16.9 Å². The zero-order valence-corrected chi connectivity index (χ0v) is 20.7. The van der Waals surface area contributed by atoms with Gasteiger partial charge in [-0.1, -0.05) is 63.7 Å². The standard InChI is InChI=1S/C30H39F3O/c1-3-5-7-8-9-20-10-11-22-18-23(13-12-21(22)17-20)25-19-24-14-15-26(34-16-6-4-2)29(32)27(24)30(33)28(25)31/h4,6,14-15,19-23H,3,5,7-13,16-18H2,1-2H3/b6-4+/t20?,21-,22?,23-/m1/s1. The first-order valence-electron chi connectivity index (χ1n) is 13.4. The van der Waals surface area contributed by atoms with Crippen molar-refractivity contribution in [1.29, 1.82) is 0 Å². The van der Waals surface area contributed by atoms with E-state index in [2.05, 4.69) is 6.92 Å². The molecule has 2 saturated carbocycles. The third-order valence-electron chi connectivity index (χ3n) is 8.31. The van der Waals surface area contributed by atoms with Crippen LogP contribution in [-0.4, -0.2) is 6.61 Å². The predicted octanol–water partition coefficient (Wildman–Crippen LogP) is 9.48. The number of hydrogen-bond donors (Lipinski definition) is 0. The van der Waals surface area contributed by atoms with Gasteiger partial charge < -0.3 is 4.74 Å². The van der Waals surface area contributed by atoms with Gasteiger partial charge in [-0.05, 0) is 85.8 Å². The van der Waals surface area contributed by atoms with Crippen LogP contribution in [0.25, 0.3) is 10.8 Å². The molecule has 2 aliphatic carbocycles. The second kappa shape index (κ2) is 11.6. The molecular weight excluding hydrogens is 433 g/mol. The fourth-order valence-corrected chi connectivity index (χ4v) is 6.42. The molecule has 2 fully saturated rings. The fraction of sp³-hybridized carbons (Fsp3) is 0.600. The van der Waals surface area contributed by atoms with Crippen molar-refractivity contribution in [3.8, 4) is 5.75 Å². The van der Waals surface area contributed by atoms with Gasteiger partial charge in [-0.15, -0.1) is 0 Å². The number of fused-ring (bicyclic) bond motifs is 2. The molecule has 4 heteroatoms. The molecule has 0 heterocycles. The van der Waals surface area contributed by atoms with Crippen molar-refractivity contribution in [2.45, 2.75) is 90.4 Å². The van der Waals surface area contributed by atoms with Crippen LogP contribution in [0.2, 0.25) is 0 Å². The largest absolute Gasteiger partial charge is 0.486 e. The van der Waals surface area contributed by atoms with E-state index < -0.39 is 17.5 Å². The number of ether oxygens (including phenoxy) is 1. The molecule has 2 aromatic carbocycles. The van der Waals surface area contributed by atoms with Crippen LogP contribution >= 0.6 is 0 Å². The molecule has 0 N–H and O–H groups in total. The normalized spacial score (nSPS) is 25.1. The Labute approximate surface area is 202 Å². The van der Waals surface area contributed by atoms with E-state index in [0.717, 1.165) is 31.1 Å². The van der Waals surface area contributed by atoms with Gasteiger partial charge in [0.05, 0.1) is 5.39 Å². The Morgan fingerprint density at radius 1 is 0.912 bits per heavy atom. The lowest BCUT2D eigenvalue weighted by Gasteiger charge is -2.42. The third kappa shape index (κ3) is 5.47. The number of hydrogen-bond acceptors (Lipinski definition) is 1. The summed E-state index contributed by atoms with van der Waals surface area (Å²) in [6.07, 6.45) is 16.9. The summed E-state index contributed by atoms with van der Waals surface area (Å²) in [6.45, 7) is 4.28. The second-order valence-corrected chi connectivity index (χ2v) is 10.5. The molecule has 0 amide bonds. The van der Waals surface area contributed by atoms with E-state index in [4.69, 9.17) is 4.74 Å². The van der Waals surface area contributed by atoms with Crippen LogP contribution < -0.4 is 4.74 Å². The van der Waals surface area contributed by atoms with Gasteiger partial charge in [0.15, 0.2) is 23.2 Å². The van der Waals surface area contributed by atoms with Gasteiger partial charge in [-0.25, -0.2) is 13.2 Å². The summed E-state index contributed by atoms with van der Waals surface area (Å²) in [6, 6.07) is 4.84. The number of allylic oxidation sites excluding steroid dienone is 1. The Balaban J connectivity index is 1.46. The van der Waals surface area contributed by atoms with Crippen molar-refractivity contribution >= 4 is 10.8 Å². The molecule has 0 radical (unpaired) electrons. The minimum atomic E-state index is -1.08.